The molecule has 0 spiro atoms. The molecule has 0 aliphatic carbocycles. The quantitative estimate of drug-likeness (QED) is 0.825. The van der Waals surface area contributed by atoms with E-state index in [9.17, 15) is 22.4 Å². The van der Waals surface area contributed by atoms with Crippen molar-refractivity contribution in [2.45, 2.75) is 25.7 Å². The van der Waals surface area contributed by atoms with Gasteiger partial charge in [-0.2, -0.15) is 0 Å². The van der Waals surface area contributed by atoms with Gasteiger partial charge in [0.15, 0.2) is 0 Å². The summed E-state index contributed by atoms with van der Waals surface area (Å²) in [4.78, 5) is 13.3. The molecule has 0 atom stereocenters. The summed E-state index contributed by atoms with van der Waals surface area (Å²) >= 11 is 0. The highest BCUT2D eigenvalue weighted by Crippen LogP contribution is 2.25. The summed E-state index contributed by atoms with van der Waals surface area (Å²) in [7, 11) is 0. The molecule has 0 saturated carbocycles. The maximum atomic E-state index is 14.3. The number of ether oxygens (including phenoxy) is 1. The first-order valence-corrected chi connectivity index (χ1v) is 8.39. The third-order valence-corrected chi connectivity index (χ3v) is 4.49. The van der Waals surface area contributed by atoms with Gasteiger partial charge in [-0.3, -0.25) is 9.69 Å². The van der Waals surface area contributed by atoms with Crippen LogP contribution in [0.1, 0.15) is 27.0 Å². The molecule has 2 aromatic carbocycles. The first kappa shape index (κ1) is 19.2. The first-order valence-electron chi connectivity index (χ1n) is 8.39. The lowest BCUT2D eigenvalue weighted by atomic mass is 9.99. The Kier molecular flexibility index (Phi) is 5.36. The average molecular weight is 382 g/mol. The van der Waals surface area contributed by atoms with Crippen molar-refractivity contribution >= 4 is 5.91 Å². The highest BCUT2D eigenvalue weighted by Gasteiger charge is 2.31. The lowest BCUT2D eigenvalue weighted by Gasteiger charge is -2.20. The molecule has 1 amide bonds. The fourth-order valence-corrected chi connectivity index (χ4v) is 3.26. The number of fused-ring (bicyclic) bond motifs is 1. The Morgan fingerprint density at radius 2 is 1.89 bits per heavy atom. The van der Waals surface area contributed by atoms with Crippen molar-refractivity contribution in [3.8, 4) is 5.75 Å². The van der Waals surface area contributed by atoms with Crippen LogP contribution >= 0.6 is 0 Å². The first-order chi connectivity index (χ1) is 12.7. The molecule has 27 heavy (non-hydrogen) atoms. The summed E-state index contributed by atoms with van der Waals surface area (Å²) in [6, 6.07) is 8.57. The maximum absolute atomic E-state index is 14.3. The number of primary amides is 1. The van der Waals surface area contributed by atoms with Crippen molar-refractivity contribution in [2.75, 3.05) is 13.1 Å². The molecule has 0 radical (unpaired) electrons. The number of alkyl halides is 3. The van der Waals surface area contributed by atoms with Crippen LogP contribution in [-0.2, 0) is 19.4 Å². The number of hydrogen-bond acceptors (Lipinski definition) is 3. The average Bonchev–Trinajstić information content (AvgIpc) is 2.76. The van der Waals surface area contributed by atoms with E-state index in [0.29, 0.717) is 43.6 Å². The van der Waals surface area contributed by atoms with Gasteiger partial charge in [0.05, 0.1) is 0 Å². The molecule has 1 aliphatic heterocycles. The minimum atomic E-state index is -4.74. The van der Waals surface area contributed by atoms with Crippen molar-refractivity contribution in [1.82, 2.24) is 4.90 Å². The van der Waals surface area contributed by atoms with Gasteiger partial charge in [0.25, 0.3) is 0 Å². The number of amides is 1. The van der Waals surface area contributed by atoms with Crippen molar-refractivity contribution < 1.29 is 27.1 Å². The van der Waals surface area contributed by atoms with E-state index in [-0.39, 0.29) is 11.3 Å². The third kappa shape index (κ3) is 4.97. The number of nitrogens with two attached hydrogens (primary N) is 1. The second-order valence-corrected chi connectivity index (χ2v) is 6.43. The second kappa shape index (κ2) is 7.56. The molecule has 0 saturated heterocycles. The molecule has 0 unspecified atom stereocenters. The third-order valence-electron chi connectivity index (χ3n) is 4.49. The molecule has 1 aliphatic rings. The molecule has 0 bridgehead atoms. The zero-order valence-electron chi connectivity index (χ0n) is 14.4. The van der Waals surface area contributed by atoms with Gasteiger partial charge in [-0.25, -0.2) is 4.39 Å². The fraction of sp³-hybridized carbons (Fsp3) is 0.316. The van der Waals surface area contributed by atoms with Gasteiger partial charge >= 0.3 is 6.36 Å². The van der Waals surface area contributed by atoms with E-state index in [1.807, 2.05) is 4.90 Å². The molecule has 144 valence electrons. The second-order valence-electron chi connectivity index (χ2n) is 6.43. The van der Waals surface area contributed by atoms with Gasteiger partial charge in [-0.1, -0.05) is 12.1 Å². The standard InChI is InChI=1S/C19H18F4N2O2/c20-17-10-14(18(24)26)9-13-4-6-25(7-5-16(13)17)11-12-2-1-3-15(8-12)27-19(21,22)23/h1-3,8-10H,4-7,11H2,(H2,24,26). The van der Waals surface area contributed by atoms with Gasteiger partial charge in [0.2, 0.25) is 5.91 Å². The molecule has 8 heteroatoms. The summed E-state index contributed by atoms with van der Waals surface area (Å²) in [5.41, 5.74) is 7.33. The lowest BCUT2D eigenvalue weighted by Crippen LogP contribution is -2.26. The van der Waals surface area contributed by atoms with Crippen LogP contribution in [0.15, 0.2) is 36.4 Å². The lowest BCUT2D eigenvalue weighted by molar-refractivity contribution is -0.274. The van der Waals surface area contributed by atoms with Gasteiger partial charge in [-0.15, -0.1) is 13.2 Å². The minimum Gasteiger partial charge on any atom is -0.406 e. The molecule has 4 nitrogen and oxygen atoms in total. The molecule has 2 N–H and O–H groups in total. The number of nitrogens with zero attached hydrogens (tertiary/aromatic N) is 1. The van der Waals surface area contributed by atoms with E-state index >= 15 is 0 Å². The van der Waals surface area contributed by atoms with Crippen LogP contribution in [0.2, 0.25) is 0 Å². The predicted molar refractivity (Wildman–Crippen MR) is 90.7 cm³/mol. The van der Waals surface area contributed by atoms with Crippen molar-refractivity contribution in [3.05, 3.63) is 64.5 Å². The van der Waals surface area contributed by atoms with Gasteiger partial charge in [-0.05, 0) is 53.8 Å². The highest BCUT2D eigenvalue weighted by atomic mass is 19.4. The number of carbonyl (C=O) groups excluding carboxylic acids is 1. The van der Waals surface area contributed by atoms with Gasteiger partial charge in [0.1, 0.15) is 11.6 Å². The summed E-state index contributed by atoms with van der Waals surface area (Å²) in [5, 5.41) is 0. The van der Waals surface area contributed by atoms with E-state index < -0.39 is 18.1 Å². The van der Waals surface area contributed by atoms with Crippen LogP contribution in [0.25, 0.3) is 0 Å². The van der Waals surface area contributed by atoms with Crippen LogP contribution < -0.4 is 10.5 Å². The van der Waals surface area contributed by atoms with Crippen molar-refractivity contribution in [1.29, 1.82) is 0 Å². The summed E-state index contributed by atoms with van der Waals surface area (Å²) in [6.45, 7) is 1.54. The normalized spacial score (nSPS) is 15.1. The van der Waals surface area contributed by atoms with Crippen molar-refractivity contribution in [2.24, 2.45) is 5.73 Å². The van der Waals surface area contributed by atoms with Crippen LogP contribution in [0, 0.1) is 5.82 Å². The molecular formula is C19H18F4N2O2. The topological polar surface area (TPSA) is 55.6 Å². The summed E-state index contributed by atoms with van der Waals surface area (Å²) < 4.78 is 55.3. The smallest absolute Gasteiger partial charge is 0.406 e. The largest absolute Gasteiger partial charge is 0.573 e. The Bertz CT molecular complexity index is 852. The van der Waals surface area contributed by atoms with Crippen LogP contribution in [0.4, 0.5) is 17.6 Å². The Labute approximate surface area is 153 Å². The van der Waals surface area contributed by atoms with E-state index in [1.165, 1.54) is 18.2 Å². The fourth-order valence-electron chi connectivity index (χ4n) is 3.26. The Morgan fingerprint density at radius 3 is 2.59 bits per heavy atom. The predicted octanol–water partition coefficient (Wildman–Crippen LogP) is 3.42. The van der Waals surface area contributed by atoms with Gasteiger partial charge in [0, 0.05) is 25.2 Å². The highest BCUT2D eigenvalue weighted by molar-refractivity contribution is 5.93. The molecule has 0 aromatic heterocycles. The summed E-state index contributed by atoms with van der Waals surface area (Å²) in [5.74, 6) is -1.40. The Hall–Kier alpha value is -2.61. The number of carbonyl (C=O) groups is 1. The molecule has 3 rings (SSSR count). The van der Waals surface area contributed by atoms with Gasteiger partial charge < -0.3 is 10.5 Å². The minimum absolute atomic E-state index is 0.136. The Balaban J connectivity index is 1.71. The molecule has 0 fully saturated rings. The van der Waals surface area contributed by atoms with Crippen LogP contribution in [0.5, 0.6) is 5.75 Å². The van der Waals surface area contributed by atoms with Crippen LogP contribution in [0.3, 0.4) is 0 Å². The Morgan fingerprint density at radius 1 is 1.15 bits per heavy atom. The van der Waals surface area contributed by atoms with Crippen LogP contribution in [-0.4, -0.2) is 30.3 Å². The van der Waals surface area contributed by atoms with Crippen molar-refractivity contribution in [3.63, 3.8) is 0 Å². The number of benzene rings is 2. The monoisotopic (exact) mass is 382 g/mol. The van der Waals surface area contributed by atoms with E-state index in [2.05, 4.69) is 4.74 Å². The number of hydrogen-bond donors (Lipinski definition) is 1. The van der Waals surface area contributed by atoms with E-state index in [4.69, 9.17) is 5.73 Å². The molecule has 1 heterocycles. The SMILES string of the molecule is NC(=O)c1cc(F)c2c(c1)CCN(Cc1cccc(OC(F)(F)F)c1)CC2. The maximum Gasteiger partial charge on any atom is 0.573 e. The molecule has 2 aromatic rings. The zero-order valence-corrected chi connectivity index (χ0v) is 14.4. The number of rotatable bonds is 4. The summed E-state index contributed by atoms with van der Waals surface area (Å²) in [6.07, 6.45) is -3.77. The van der Waals surface area contributed by atoms with E-state index in [1.54, 1.807) is 12.1 Å². The van der Waals surface area contributed by atoms with E-state index in [0.717, 1.165) is 11.6 Å². The zero-order chi connectivity index (χ0) is 19.6. The number of halogens is 4. The molecular weight excluding hydrogens is 364 g/mol.